The monoisotopic (exact) mass is 512 g/mol. The van der Waals surface area contributed by atoms with Gasteiger partial charge < -0.3 is 21.0 Å². The zero-order chi connectivity index (χ0) is 23.5. The molecule has 0 aliphatic heterocycles. The van der Waals surface area contributed by atoms with Crippen molar-refractivity contribution >= 4 is 21.4 Å². The number of nitrogens with two attached hydrogens (primary N) is 2. The van der Waals surface area contributed by atoms with Gasteiger partial charge in [-0.3, -0.25) is 5.84 Å². The summed E-state index contributed by atoms with van der Waals surface area (Å²) in [5.74, 6) is 5.64. The van der Waals surface area contributed by atoms with E-state index >= 15 is 0 Å². The van der Waals surface area contributed by atoms with Crippen LogP contribution in [0.1, 0.15) is 28.2 Å². The molecule has 10 heteroatoms. The molecular formula is C24H38KN6O2P. The van der Waals surface area contributed by atoms with Gasteiger partial charge in [0.15, 0.2) is 6.20 Å². The van der Waals surface area contributed by atoms with E-state index in [9.17, 15) is 5.11 Å². The van der Waals surface area contributed by atoms with E-state index in [1.807, 2.05) is 66.9 Å². The smallest absolute Gasteiger partial charge is 0.850 e. The minimum absolute atomic E-state index is 0. The van der Waals surface area contributed by atoms with Crippen LogP contribution in [-0.2, 0) is 4.74 Å². The van der Waals surface area contributed by atoms with Crippen molar-refractivity contribution in [1.29, 1.82) is 0 Å². The minimum Gasteiger partial charge on any atom is -0.850 e. The number of rotatable bonds is 3. The first-order chi connectivity index (χ1) is 14.7. The van der Waals surface area contributed by atoms with Crippen molar-refractivity contribution in [2.24, 2.45) is 5.84 Å². The quantitative estimate of drug-likeness (QED) is 0.122. The molecule has 0 saturated carbocycles. The van der Waals surface area contributed by atoms with Gasteiger partial charge in [0.25, 0.3) is 0 Å². The molecule has 0 amide bonds. The van der Waals surface area contributed by atoms with Gasteiger partial charge in [0.1, 0.15) is 5.82 Å². The Morgan fingerprint density at radius 3 is 1.82 bits per heavy atom. The zero-order valence-electron chi connectivity index (χ0n) is 20.1. The molecule has 0 spiro atoms. The second-order valence-electron chi connectivity index (χ2n) is 6.79. The molecule has 8 nitrogen and oxygen atoms in total. The number of ether oxygens (including phenoxy) is 1. The predicted octanol–water partition coefficient (Wildman–Crippen LogP) is 1.29. The first-order valence-electron chi connectivity index (χ1n) is 9.34. The summed E-state index contributed by atoms with van der Waals surface area (Å²) in [6.45, 7) is 11.1. The molecule has 34 heavy (non-hydrogen) atoms. The van der Waals surface area contributed by atoms with Crippen LogP contribution in [0.3, 0.4) is 0 Å². The SMILES string of the molecule is C.CC(C)(C)[O-].NNc1ccccc1.Nc1ccn(-c2ccccc2)n1.P.[C-]#[N+]/C=C/OC.[K+]. The molecule has 3 aromatic rings. The number of nitrogen functional groups attached to an aromatic ring is 2. The number of aromatic nitrogens is 2. The summed E-state index contributed by atoms with van der Waals surface area (Å²) >= 11 is 0. The number of nitrogens with one attached hydrogen (secondary N) is 1. The number of hydrogen-bond donors (Lipinski definition) is 3. The van der Waals surface area contributed by atoms with Gasteiger partial charge >= 0.3 is 51.4 Å². The number of para-hydroxylation sites is 2. The maximum Gasteiger partial charge on any atom is 1.00 e. The molecule has 0 bridgehead atoms. The van der Waals surface area contributed by atoms with Gasteiger partial charge in [-0.15, -0.1) is 5.60 Å². The average molecular weight is 513 g/mol. The van der Waals surface area contributed by atoms with Crippen molar-refractivity contribution in [3.63, 3.8) is 0 Å². The van der Waals surface area contributed by atoms with Crippen molar-refractivity contribution in [3.8, 4) is 5.69 Å². The van der Waals surface area contributed by atoms with Gasteiger partial charge in [-0.05, 0) is 24.3 Å². The van der Waals surface area contributed by atoms with Crippen LogP contribution in [0.2, 0.25) is 0 Å². The normalized spacial score (nSPS) is 8.74. The third kappa shape index (κ3) is 24.9. The second-order valence-corrected chi connectivity index (χ2v) is 6.79. The maximum absolute atomic E-state index is 10.1. The van der Waals surface area contributed by atoms with E-state index in [0.29, 0.717) is 5.82 Å². The molecule has 1 heterocycles. The number of hydrazine groups is 1. The minimum atomic E-state index is -0.750. The summed E-state index contributed by atoms with van der Waals surface area (Å²) in [6, 6.07) is 21.2. The molecular weight excluding hydrogens is 474 g/mol. The molecule has 5 N–H and O–H groups in total. The topological polar surface area (TPSA) is 119 Å². The summed E-state index contributed by atoms with van der Waals surface area (Å²) in [4.78, 5) is 2.87. The summed E-state index contributed by atoms with van der Waals surface area (Å²) in [5, 5.41) is 14.2. The first-order valence-corrected chi connectivity index (χ1v) is 9.34. The third-order valence-corrected chi connectivity index (χ3v) is 2.84. The van der Waals surface area contributed by atoms with E-state index in [4.69, 9.17) is 18.1 Å². The maximum atomic E-state index is 10.1. The van der Waals surface area contributed by atoms with E-state index in [0.717, 1.165) is 11.4 Å². The van der Waals surface area contributed by atoms with Crippen LogP contribution < -0.4 is 73.5 Å². The van der Waals surface area contributed by atoms with Crippen molar-refractivity contribution in [2.45, 2.75) is 33.8 Å². The van der Waals surface area contributed by atoms with E-state index in [1.54, 1.807) is 31.5 Å². The fourth-order valence-electron chi connectivity index (χ4n) is 1.69. The molecule has 0 fully saturated rings. The Morgan fingerprint density at radius 2 is 1.53 bits per heavy atom. The van der Waals surface area contributed by atoms with Crippen molar-refractivity contribution in [2.75, 3.05) is 18.3 Å². The van der Waals surface area contributed by atoms with Gasteiger partial charge in [-0.2, -0.15) is 15.0 Å². The fourth-order valence-corrected chi connectivity index (χ4v) is 1.69. The molecule has 1 unspecified atom stereocenters. The number of benzene rings is 2. The second kappa shape index (κ2) is 24.4. The van der Waals surface area contributed by atoms with Crippen molar-refractivity contribution in [1.82, 2.24) is 9.78 Å². The van der Waals surface area contributed by atoms with Crippen LogP contribution in [0.25, 0.3) is 10.5 Å². The average Bonchev–Trinajstić information content (AvgIpc) is 3.19. The Morgan fingerprint density at radius 1 is 1.06 bits per heavy atom. The van der Waals surface area contributed by atoms with Gasteiger partial charge in [0, 0.05) is 18.0 Å². The van der Waals surface area contributed by atoms with Crippen molar-refractivity contribution < 1.29 is 61.2 Å². The molecule has 0 aliphatic carbocycles. The summed E-state index contributed by atoms with van der Waals surface area (Å²) in [6.07, 6.45) is 4.41. The standard InChI is InChI=1S/C9H9N3.C6H8N2.C4H5NO.C4H9O.CH4.K.H3P/c10-9-6-7-12(11-9)8-4-2-1-3-5-8;7-8-6-4-2-1-3-5-6;1-5-3-4-6-2;1-4(2,3)5;;;/h1-7H,(H2,10,11);1-5,8H,7H2;3-4H,2H3;1-3H3;1H4;;1H3/q;;;-1;;+1;/b;;4-3+;;;;. The fraction of sp³-hybridized carbons (Fsp3) is 0.250. The number of anilines is 2. The Labute approximate surface area is 250 Å². The number of hydrogen-bond acceptors (Lipinski definition) is 6. The Balaban J connectivity index is -0.000000182. The van der Waals surface area contributed by atoms with Crippen LogP contribution in [0.5, 0.6) is 0 Å². The van der Waals surface area contributed by atoms with Gasteiger partial charge in [0.2, 0.25) is 0 Å². The largest absolute Gasteiger partial charge is 1.00 e. The van der Waals surface area contributed by atoms with Crippen LogP contribution in [0.15, 0.2) is 85.4 Å². The molecule has 1 aromatic heterocycles. The van der Waals surface area contributed by atoms with Crippen LogP contribution in [0.4, 0.5) is 11.5 Å². The number of methoxy groups -OCH3 is 1. The summed E-state index contributed by atoms with van der Waals surface area (Å²) < 4.78 is 6.13. The first kappa shape index (κ1) is 39.5. The van der Waals surface area contributed by atoms with E-state index in [-0.39, 0.29) is 68.7 Å². The molecule has 0 saturated heterocycles. The van der Waals surface area contributed by atoms with Crippen LogP contribution in [0, 0.1) is 6.57 Å². The van der Waals surface area contributed by atoms with E-state index < -0.39 is 5.60 Å². The summed E-state index contributed by atoms with van der Waals surface area (Å²) in [7, 11) is 1.50. The Kier molecular flexibility index (Phi) is 28.3. The molecule has 0 radical (unpaired) electrons. The van der Waals surface area contributed by atoms with Crippen LogP contribution in [-0.4, -0.2) is 22.5 Å². The molecule has 3 rings (SSSR count). The van der Waals surface area contributed by atoms with Gasteiger partial charge in [0.05, 0.1) is 25.6 Å². The molecule has 182 valence electrons. The molecule has 1 atom stereocenters. The number of nitrogens with zero attached hydrogens (tertiary/aromatic N) is 3. The third-order valence-electron chi connectivity index (χ3n) is 2.84. The molecule has 2 aromatic carbocycles. The van der Waals surface area contributed by atoms with Gasteiger partial charge in [-0.25, -0.2) is 9.53 Å². The predicted molar refractivity (Wildman–Crippen MR) is 143 cm³/mol. The van der Waals surface area contributed by atoms with Crippen LogP contribution >= 0.6 is 9.90 Å². The molecule has 0 aliphatic rings. The van der Waals surface area contributed by atoms with E-state index in [1.165, 1.54) is 19.6 Å². The summed E-state index contributed by atoms with van der Waals surface area (Å²) in [5.41, 5.74) is 9.22. The Hall–Kier alpha value is -1.73. The van der Waals surface area contributed by atoms with Crippen molar-refractivity contribution in [3.05, 3.63) is 96.8 Å². The van der Waals surface area contributed by atoms with E-state index in [2.05, 4.69) is 20.1 Å². The zero-order valence-corrected chi connectivity index (χ0v) is 24.6. The Bertz CT molecular complexity index is 889. The van der Waals surface area contributed by atoms with Gasteiger partial charge in [-0.1, -0.05) is 64.6 Å².